The third kappa shape index (κ3) is 4.20. The summed E-state index contributed by atoms with van der Waals surface area (Å²) in [5, 5.41) is 17.9. The number of aliphatic hydroxyl groups excluding tert-OH is 1. The molecular formula is C18H23N3O2S. The minimum atomic E-state index is -0.446. The van der Waals surface area contributed by atoms with Gasteiger partial charge in [-0.15, -0.1) is 11.3 Å². The van der Waals surface area contributed by atoms with E-state index < -0.39 is 6.10 Å². The van der Waals surface area contributed by atoms with Gasteiger partial charge in [0.15, 0.2) is 5.13 Å². The van der Waals surface area contributed by atoms with Gasteiger partial charge in [-0.1, -0.05) is 37.6 Å². The maximum Gasteiger partial charge on any atom is 0.243 e. The van der Waals surface area contributed by atoms with E-state index >= 15 is 0 Å². The quantitative estimate of drug-likeness (QED) is 0.753. The topological polar surface area (TPSA) is 74.2 Å². The van der Waals surface area contributed by atoms with Crippen LogP contribution in [0.25, 0.3) is 11.3 Å². The molecule has 0 radical (unpaired) electrons. The van der Waals surface area contributed by atoms with Crippen molar-refractivity contribution in [1.82, 2.24) is 10.3 Å². The highest BCUT2D eigenvalue weighted by Crippen LogP contribution is 2.25. The first-order chi connectivity index (χ1) is 11.7. The van der Waals surface area contributed by atoms with Crippen molar-refractivity contribution in [3.63, 3.8) is 0 Å². The number of hydrogen-bond acceptors (Lipinski definition) is 5. The van der Waals surface area contributed by atoms with E-state index in [9.17, 15) is 9.90 Å². The Kier molecular flexibility index (Phi) is 5.60. The van der Waals surface area contributed by atoms with E-state index in [1.807, 2.05) is 5.38 Å². The summed E-state index contributed by atoms with van der Waals surface area (Å²) in [7, 11) is 0. The van der Waals surface area contributed by atoms with Crippen LogP contribution in [-0.4, -0.2) is 34.7 Å². The molecule has 1 aromatic carbocycles. The molecule has 1 aromatic heterocycles. The highest BCUT2D eigenvalue weighted by atomic mass is 32.1. The SMILES string of the molecule is CCCCc1ccc(-c2csc(NC(=O)C3CC(O)CN3)n2)cc1. The number of hydrogen-bond donors (Lipinski definition) is 3. The molecule has 2 aromatic rings. The van der Waals surface area contributed by atoms with Crippen LogP contribution in [0.4, 0.5) is 5.13 Å². The molecule has 128 valence electrons. The van der Waals surface area contributed by atoms with Crippen molar-refractivity contribution in [1.29, 1.82) is 0 Å². The third-order valence-electron chi connectivity index (χ3n) is 4.23. The molecule has 0 saturated carbocycles. The number of carbonyl (C=O) groups is 1. The second kappa shape index (κ2) is 7.88. The zero-order valence-electron chi connectivity index (χ0n) is 13.8. The molecule has 1 aliphatic heterocycles. The summed E-state index contributed by atoms with van der Waals surface area (Å²) in [6.45, 7) is 2.66. The van der Waals surface area contributed by atoms with Crippen molar-refractivity contribution in [2.75, 3.05) is 11.9 Å². The van der Waals surface area contributed by atoms with Gasteiger partial charge < -0.3 is 15.7 Å². The number of unbranched alkanes of at least 4 members (excludes halogenated alkanes) is 1. The fraction of sp³-hybridized carbons (Fsp3) is 0.444. The molecule has 0 aliphatic carbocycles. The molecule has 3 N–H and O–H groups in total. The predicted molar refractivity (Wildman–Crippen MR) is 97.2 cm³/mol. The van der Waals surface area contributed by atoms with Gasteiger partial charge in [0.25, 0.3) is 0 Å². The number of benzene rings is 1. The van der Waals surface area contributed by atoms with Gasteiger partial charge in [0.1, 0.15) is 0 Å². The zero-order chi connectivity index (χ0) is 16.9. The fourth-order valence-corrected chi connectivity index (χ4v) is 3.52. The van der Waals surface area contributed by atoms with Crippen molar-refractivity contribution < 1.29 is 9.90 Å². The Morgan fingerprint density at radius 2 is 2.21 bits per heavy atom. The Labute approximate surface area is 146 Å². The van der Waals surface area contributed by atoms with E-state index in [1.54, 1.807) is 0 Å². The number of thiazole rings is 1. The average molecular weight is 345 g/mol. The van der Waals surface area contributed by atoms with Gasteiger partial charge in [0.2, 0.25) is 5.91 Å². The molecule has 1 aliphatic rings. The third-order valence-corrected chi connectivity index (χ3v) is 4.98. The lowest BCUT2D eigenvalue weighted by Crippen LogP contribution is -2.35. The van der Waals surface area contributed by atoms with Crippen molar-refractivity contribution in [2.24, 2.45) is 0 Å². The maximum atomic E-state index is 12.1. The van der Waals surface area contributed by atoms with Gasteiger partial charge in [-0.05, 0) is 24.8 Å². The Balaban J connectivity index is 1.61. The first-order valence-electron chi connectivity index (χ1n) is 8.43. The number of carbonyl (C=O) groups excluding carboxylic acids is 1. The second-order valence-electron chi connectivity index (χ2n) is 6.18. The fourth-order valence-electron chi connectivity index (χ4n) is 2.80. The molecule has 24 heavy (non-hydrogen) atoms. The average Bonchev–Trinajstić information content (AvgIpc) is 3.22. The molecule has 0 spiro atoms. The molecule has 1 amide bonds. The van der Waals surface area contributed by atoms with Gasteiger partial charge in [0.05, 0.1) is 17.8 Å². The van der Waals surface area contributed by atoms with Crippen molar-refractivity contribution in [3.8, 4) is 11.3 Å². The van der Waals surface area contributed by atoms with Crippen LogP contribution in [0, 0.1) is 0 Å². The Hall–Kier alpha value is -1.76. The summed E-state index contributed by atoms with van der Waals surface area (Å²) >= 11 is 1.42. The monoisotopic (exact) mass is 345 g/mol. The number of β-amino-alcohol motifs (C(OH)–C–C–N with tert-alkyl or cyclic N) is 1. The molecule has 0 bridgehead atoms. The molecule has 1 fully saturated rings. The van der Waals surface area contributed by atoms with E-state index in [0.717, 1.165) is 17.7 Å². The predicted octanol–water partition coefficient (Wildman–Crippen LogP) is 2.81. The van der Waals surface area contributed by atoms with Crippen LogP contribution in [-0.2, 0) is 11.2 Å². The van der Waals surface area contributed by atoms with Gasteiger partial charge in [-0.3, -0.25) is 4.79 Å². The summed E-state index contributed by atoms with van der Waals surface area (Å²) in [5.74, 6) is -0.137. The minimum Gasteiger partial charge on any atom is -0.392 e. The normalized spacial score (nSPS) is 20.2. The van der Waals surface area contributed by atoms with Gasteiger partial charge in [-0.2, -0.15) is 0 Å². The lowest BCUT2D eigenvalue weighted by atomic mass is 10.1. The van der Waals surface area contributed by atoms with Crippen LogP contribution in [0.5, 0.6) is 0 Å². The Bertz CT molecular complexity index is 684. The molecule has 3 rings (SSSR count). The number of aryl methyl sites for hydroxylation is 1. The standard InChI is InChI=1S/C18H23N3O2S/c1-2-3-4-12-5-7-13(8-6-12)16-11-24-18(20-16)21-17(23)15-9-14(22)10-19-15/h5-8,11,14-15,19,22H,2-4,9-10H2,1H3,(H,20,21,23). The summed E-state index contributed by atoms with van der Waals surface area (Å²) in [4.78, 5) is 16.6. The second-order valence-corrected chi connectivity index (χ2v) is 7.04. The molecular weight excluding hydrogens is 322 g/mol. The number of anilines is 1. The number of amides is 1. The van der Waals surface area contributed by atoms with E-state index in [0.29, 0.717) is 18.1 Å². The van der Waals surface area contributed by atoms with E-state index in [4.69, 9.17) is 0 Å². The molecule has 2 atom stereocenters. The van der Waals surface area contributed by atoms with E-state index in [-0.39, 0.29) is 11.9 Å². The summed E-state index contributed by atoms with van der Waals surface area (Å²) in [6.07, 6.45) is 3.51. The first-order valence-corrected chi connectivity index (χ1v) is 9.31. The van der Waals surface area contributed by atoms with Crippen LogP contribution in [0.2, 0.25) is 0 Å². The Morgan fingerprint density at radius 3 is 2.88 bits per heavy atom. The first kappa shape index (κ1) is 17.1. The van der Waals surface area contributed by atoms with Crippen LogP contribution in [0.1, 0.15) is 31.7 Å². The minimum absolute atomic E-state index is 0.137. The lowest BCUT2D eigenvalue weighted by molar-refractivity contribution is -0.117. The number of rotatable bonds is 6. The van der Waals surface area contributed by atoms with Crippen LogP contribution in [0.15, 0.2) is 29.6 Å². The number of nitrogens with zero attached hydrogens (tertiary/aromatic N) is 1. The van der Waals surface area contributed by atoms with Gasteiger partial charge in [-0.25, -0.2) is 4.98 Å². The van der Waals surface area contributed by atoms with Gasteiger partial charge in [0, 0.05) is 17.5 Å². The zero-order valence-corrected chi connectivity index (χ0v) is 14.6. The molecule has 5 nitrogen and oxygen atoms in total. The van der Waals surface area contributed by atoms with Gasteiger partial charge >= 0.3 is 0 Å². The van der Waals surface area contributed by atoms with E-state index in [2.05, 4.69) is 46.8 Å². The van der Waals surface area contributed by atoms with Crippen LogP contribution < -0.4 is 10.6 Å². The van der Waals surface area contributed by atoms with Crippen molar-refractivity contribution >= 4 is 22.4 Å². The lowest BCUT2D eigenvalue weighted by Gasteiger charge is -2.08. The van der Waals surface area contributed by atoms with Crippen molar-refractivity contribution in [3.05, 3.63) is 35.2 Å². The highest BCUT2D eigenvalue weighted by molar-refractivity contribution is 7.14. The summed E-state index contributed by atoms with van der Waals surface area (Å²) < 4.78 is 0. The number of aliphatic hydroxyl groups is 1. The number of aromatic nitrogens is 1. The molecule has 6 heteroatoms. The largest absolute Gasteiger partial charge is 0.392 e. The molecule has 1 saturated heterocycles. The summed E-state index contributed by atoms with van der Waals surface area (Å²) in [6, 6.07) is 8.12. The smallest absolute Gasteiger partial charge is 0.243 e. The molecule has 2 unspecified atom stereocenters. The van der Waals surface area contributed by atoms with E-state index in [1.165, 1.54) is 29.7 Å². The van der Waals surface area contributed by atoms with Crippen LogP contribution in [0.3, 0.4) is 0 Å². The maximum absolute atomic E-state index is 12.1. The van der Waals surface area contributed by atoms with Crippen LogP contribution >= 0.6 is 11.3 Å². The highest BCUT2D eigenvalue weighted by Gasteiger charge is 2.28. The summed E-state index contributed by atoms with van der Waals surface area (Å²) in [5.41, 5.74) is 3.27. The molecule has 2 heterocycles. The Morgan fingerprint density at radius 1 is 1.42 bits per heavy atom. The number of nitrogens with one attached hydrogen (secondary N) is 2. The van der Waals surface area contributed by atoms with Crippen molar-refractivity contribution in [2.45, 2.75) is 44.8 Å².